The second-order valence-electron chi connectivity index (χ2n) is 18.1. The van der Waals surface area contributed by atoms with Crippen molar-refractivity contribution < 1.29 is 28.6 Å². The van der Waals surface area contributed by atoms with E-state index in [1.54, 1.807) is 0 Å². The molecule has 0 amide bonds. The molecule has 1 unspecified atom stereocenters. The topological polar surface area (TPSA) is 78.9 Å². The van der Waals surface area contributed by atoms with E-state index in [0.717, 1.165) is 89.9 Å². The predicted molar refractivity (Wildman–Crippen MR) is 270 cm³/mol. The molecule has 0 saturated heterocycles. The van der Waals surface area contributed by atoms with Crippen LogP contribution >= 0.6 is 0 Å². The van der Waals surface area contributed by atoms with E-state index in [4.69, 9.17) is 14.2 Å². The van der Waals surface area contributed by atoms with Crippen molar-refractivity contribution in [2.24, 2.45) is 0 Å². The van der Waals surface area contributed by atoms with Crippen LogP contribution < -0.4 is 0 Å². The number of ether oxygens (including phenoxy) is 3. The SMILES string of the molecule is CCCCC/C=C\C/C=C\C/C=C\CCCCCCCCC(=O)OC(COC(=O)CCCCCCC)COC(=O)CCCCCCCCCCC/C=C\CCCCCCCCCC. The standard InChI is InChI=1S/C57H102O6/c1-4-7-10-13-15-17-19-21-23-25-27-28-30-31-33-35-37-39-41-44-47-50-56(59)62-53-54(52-61-55(58)49-46-43-12-9-6-3)63-57(60)51-48-45-42-40-38-36-34-32-29-26-24-22-20-18-16-14-11-8-5-2/h16,18,22,24-25,27,29,32,54H,4-15,17,19-21,23,26,28,30-31,33-53H2,1-3H3/b18-16-,24-22-,27-25-,32-29-. The molecule has 0 aromatic carbocycles. The maximum atomic E-state index is 12.7. The molecule has 6 nitrogen and oxygen atoms in total. The minimum atomic E-state index is -0.776. The Kier molecular flexibility index (Phi) is 49.8. The van der Waals surface area contributed by atoms with Gasteiger partial charge in [0.1, 0.15) is 13.2 Å². The van der Waals surface area contributed by atoms with Gasteiger partial charge < -0.3 is 14.2 Å². The highest BCUT2D eigenvalue weighted by Gasteiger charge is 2.19. The van der Waals surface area contributed by atoms with Crippen molar-refractivity contribution in [1.29, 1.82) is 0 Å². The number of hydrogen-bond acceptors (Lipinski definition) is 6. The number of esters is 3. The van der Waals surface area contributed by atoms with Crippen LogP contribution in [0.5, 0.6) is 0 Å². The lowest BCUT2D eigenvalue weighted by Crippen LogP contribution is -2.30. The highest BCUT2D eigenvalue weighted by Crippen LogP contribution is 2.15. The van der Waals surface area contributed by atoms with Crippen molar-refractivity contribution in [1.82, 2.24) is 0 Å². The predicted octanol–water partition coefficient (Wildman–Crippen LogP) is 17.9. The molecule has 0 heterocycles. The van der Waals surface area contributed by atoms with E-state index >= 15 is 0 Å². The van der Waals surface area contributed by atoms with Crippen molar-refractivity contribution >= 4 is 17.9 Å². The molecule has 1 atom stereocenters. The lowest BCUT2D eigenvalue weighted by molar-refractivity contribution is -0.167. The second-order valence-corrected chi connectivity index (χ2v) is 18.1. The molecule has 0 aromatic heterocycles. The molecule has 6 heteroatoms. The van der Waals surface area contributed by atoms with Gasteiger partial charge in [0.05, 0.1) is 0 Å². The number of unbranched alkanes of at least 4 members (excludes halogenated alkanes) is 30. The highest BCUT2D eigenvalue weighted by atomic mass is 16.6. The van der Waals surface area contributed by atoms with Crippen LogP contribution in [-0.4, -0.2) is 37.2 Å². The van der Waals surface area contributed by atoms with E-state index in [9.17, 15) is 14.4 Å². The molecule has 0 aliphatic heterocycles. The van der Waals surface area contributed by atoms with E-state index < -0.39 is 6.10 Å². The first kappa shape index (κ1) is 60.4. The van der Waals surface area contributed by atoms with Crippen LogP contribution in [0.4, 0.5) is 0 Å². The van der Waals surface area contributed by atoms with Crippen molar-refractivity contribution in [3.05, 3.63) is 48.6 Å². The summed E-state index contributed by atoms with van der Waals surface area (Å²) in [7, 11) is 0. The summed E-state index contributed by atoms with van der Waals surface area (Å²) < 4.78 is 16.7. The summed E-state index contributed by atoms with van der Waals surface area (Å²) in [6.45, 7) is 6.53. The van der Waals surface area contributed by atoms with Crippen LogP contribution in [-0.2, 0) is 28.6 Å². The fraction of sp³-hybridized carbons (Fsp3) is 0.807. The highest BCUT2D eigenvalue weighted by molar-refractivity contribution is 5.71. The summed E-state index contributed by atoms with van der Waals surface area (Å²) in [4.78, 5) is 37.7. The summed E-state index contributed by atoms with van der Waals surface area (Å²) in [5.74, 6) is -0.900. The summed E-state index contributed by atoms with van der Waals surface area (Å²) in [5.41, 5.74) is 0. The first-order chi connectivity index (χ1) is 31.0. The van der Waals surface area contributed by atoms with Crippen molar-refractivity contribution in [2.75, 3.05) is 13.2 Å². The molecule has 0 saturated carbocycles. The largest absolute Gasteiger partial charge is 0.462 e. The molecule has 0 N–H and O–H groups in total. The van der Waals surface area contributed by atoms with E-state index in [1.165, 1.54) is 148 Å². The van der Waals surface area contributed by atoms with Crippen LogP contribution in [0, 0.1) is 0 Å². The molecule has 0 aromatic rings. The van der Waals surface area contributed by atoms with Gasteiger partial charge in [-0.3, -0.25) is 14.4 Å². The Morgan fingerprint density at radius 3 is 0.937 bits per heavy atom. The van der Waals surface area contributed by atoms with Gasteiger partial charge in [0.2, 0.25) is 0 Å². The summed E-state index contributed by atoms with van der Waals surface area (Å²) in [6, 6.07) is 0. The average molecular weight is 883 g/mol. The van der Waals surface area contributed by atoms with Crippen LogP contribution in [0.25, 0.3) is 0 Å². The molecule has 0 aliphatic rings. The lowest BCUT2D eigenvalue weighted by atomic mass is 10.1. The minimum absolute atomic E-state index is 0.0787. The van der Waals surface area contributed by atoms with Gasteiger partial charge in [0.15, 0.2) is 6.10 Å². The maximum Gasteiger partial charge on any atom is 0.306 e. The van der Waals surface area contributed by atoms with Gasteiger partial charge in [0.25, 0.3) is 0 Å². The Hall–Kier alpha value is -2.63. The van der Waals surface area contributed by atoms with Gasteiger partial charge in [0, 0.05) is 19.3 Å². The zero-order chi connectivity index (χ0) is 45.8. The summed E-state index contributed by atoms with van der Waals surface area (Å²) in [5, 5.41) is 0. The number of rotatable bonds is 49. The average Bonchev–Trinajstić information content (AvgIpc) is 3.28. The van der Waals surface area contributed by atoms with Gasteiger partial charge in [-0.25, -0.2) is 0 Å². The molecular formula is C57H102O6. The van der Waals surface area contributed by atoms with E-state index in [0.29, 0.717) is 19.3 Å². The summed E-state index contributed by atoms with van der Waals surface area (Å²) in [6.07, 6.45) is 62.8. The van der Waals surface area contributed by atoms with Crippen LogP contribution in [0.15, 0.2) is 48.6 Å². The van der Waals surface area contributed by atoms with Crippen LogP contribution in [0.2, 0.25) is 0 Å². The number of hydrogen-bond donors (Lipinski definition) is 0. The normalized spacial score (nSPS) is 12.4. The third-order valence-corrected chi connectivity index (χ3v) is 11.8. The van der Waals surface area contributed by atoms with E-state index in [1.807, 2.05) is 0 Å². The Balaban J connectivity index is 4.14. The van der Waals surface area contributed by atoms with Gasteiger partial charge in [-0.1, -0.05) is 223 Å². The quantitative estimate of drug-likeness (QED) is 0.0262. The third-order valence-electron chi connectivity index (χ3n) is 11.8. The van der Waals surface area contributed by atoms with Gasteiger partial charge in [-0.05, 0) is 83.5 Å². The smallest absolute Gasteiger partial charge is 0.306 e. The Labute approximate surface area is 390 Å². The van der Waals surface area contributed by atoms with E-state index in [-0.39, 0.29) is 31.1 Å². The Morgan fingerprint density at radius 2 is 0.571 bits per heavy atom. The molecule has 0 radical (unpaired) electrons. The molecule has 0 fully saturated rings. The Morgan fingerprint density at radius 1 is 0.317 bits per heavy atom. The second kappa shape index (κ2) is 52.0. The van der Waals surface area contributed by atoms with Crippen molar-refractivity contribution in [3.63, 3.8) is 0 Å². The lowest BCUT2D eigenvalue weighted by Gasteiger charge is -2.18. The maximum absolute atomic E-state index is 12.7. The number of allylic oxidation sites excluding steroid dienone is 8. The first-order valence-corrected chi connectivity index (χ1v) is 27.1. The molecule has 0 rings (SSSR count). The first-order valence-electron chi connectivity index (χ1n) is 27.1. The fourth-order valence-corrected chi connectivity index (χ4v) is 7.68. The molecule has 0 aliphatic carbocycles. The van der Waals surface area contributed by atoms with Gasteiger partial charge in [-0.15, -0.1) is 0 Å². The number of carbonyl (C=O) groups is 3. The van der Waals surface area contributed by atoms with Crippen LogP contribution in [0.1, 0.15) is 278 Å². The third kappa shape index (κ3) is 50.2. The van der Waals surface area contributed by atoms with Gasteiger partial charge in [-0.2, -0.15) is 0 Å². The van der Waals surface area contributed by atoms with Crippen molar-refractivity contribution in [2.45, 2.75) is 284 Å². The molecular weight excluding hydrogens is 781 g/mol. The zero-order valence-corrected chi connectivity index (χ0v) is 41.8. The molecule has 0 spiro atoms. The monoisotopic (exact) mass is 883 g/mol. The zero-order valence-electron chi connectivity index (χ0n) is 41.8. The molecule has 0 bridgehead atoms. The molecule has 63 heavy (non-hydrogen) atoms. The molecule has 366 valence electrons. The Bertz CT molecular complexity index is 1110. The van der Waals surface area contributed by atoms with E-state index in [2.05, 4.69) is 69.4 Å². The van der Waals surface area contributed by atoms with Gasteiger partial charge >= 0.3 is 17.9 Å². The summed E-state index contributed by atoms with van der Waals surface area (Å²) >= 11 is 0. The van der Waals surface area contributed by atoms with Crippen LogP contribution in [0.3, 0.4) is 0 Å². The minimum Gasteiger partial charge on any atom is -0.462 e. The van der Waals surface area contributed by atoms with Crippen molar-refractivity contribution in [3.8, 4) is 0 Å². The fourth-order valence-electron chi connectivity index (χ4n) is 7.68. The number of carbonyl (C=O) groups excluding carboxylic acids is 3.